The Labute approximate surface area is 111 Å². The van der Waals surface area contributed by atoms with Crippen molar-refractivity contribution in [2.75, 3.05) is 26.3 Å². The second kappa shape index (κ2) is 8.57. The van der Waals surface area contributed by atoms with E-state index in [4.69, 9.17) is 4.74 Å². The van der Waals surface area contributed by atoms with E-state index in [1.165, 1.54) is 17.1 Å². The normalized spacial score (nSPS) is 12.5. The highest BCUT2D eigenvalue weighted by atomic mass is 16.6. The van der Waals surface area contributed by atoms with Crippen LogP contribution in [0.5, 0.6) is 0 Å². The van der Waals surface area contributed by atoms with Crippen LogP contribution in [0.1, 0.15) is 13.3 Å². The average molecular weight is 272 g/mol. The molecule has 8 nitrogen and oxygen atoms in total. The lowest BCUT2D eigenvalue weighted by atomic mass is 10.3. The first-order chi connectivity index (χ1) is 9.13. The first-order valence-corrected chi connectivity index (χ1v) is 6.26. The molecule has 0 spiro atoms. The van der Waals surface area contributed by atoms with Gasteiger partial charge in [0.2, 0.25) is 0 Å². The van der Waals surface area contributed by atoms with Crippen LogP contribution in [-0.2, 0) is 11.3 Å². The van der Waals surface area contributed by atoms with Crippen molar-refractivity contribution in [3.63, 3.8) is 0 Å². The van der Waals surface area contributed by atoms with Crippen LogP contribution in [0.2, 0.25) is 0 Å². The lowest BCUT2D eigenvalue weighted by molar-refractivity contribution is -0.385. The van der Waals surface area contributed by atoms with Crippen LogP contribution >= 0.6 is 0 Å². The number of hydrogen-bond acceptors (Lipinski definition) is 6. The summed E-state index contributed by atoms with van der Waals surface area (Å²) < 4.78 is 6.55. The molecule has 0 radical (unpaired) electrons. The molecule has 0 bridgehead atoms. The molecule has 0 amide bonds. The van der Waals surface area contributed by atoms with E-state index in [1.807, 2.05) is 6.92 Å². The van der Waals surface area contributed by atoms with Gasteiger partial charge in [-0.25, -0.2) is 0 Å². The van der Waals surface area contributed by atoms with Gasteiger partial charge in [0.05, 0.1) is 17.6 Å². The minimum absolute atomic E-state index is 0.0723. The predicted molar refractivity (Wildman–Crippen MR) is 68.9 cm³/mol. The largest absolute Gasteiger partial charge is 0.390 e. The van der Waals surface area contributed by atoms with Crippen LogP contribution in [0.3, 0.4) is 0 Å². The van der Waals surface area contributed by atoms with Gasteiger partial charge in [-0.1, -0.05) is 0 Å². The topological polar surface area (TPSA) is 102 Å². The lowest BCUT2D eigenvalue weighted by Crippen LogP contribution is -2.31. The van der Waals surface area contributed by atoms with Gasteiger partial charge in [-0.3, -0.25) is 14.8 Å². The monoisotopic (exact) mass is 272 g/mol. The zero-order valence-electron chi connectivity index (χ0n) is 11.0. The molecule has 108 valence electrons. The number of aliphatic hydroxyl groups is 1. The molecule has 1 unspecified atom stereocenters. The predicted octanol–water partition coefficient (Wildman–Crippen LogP) is 0.168. The van der Waals surface area contributed by atoms with Gasteiger partial charge in [0, 0.05) is 19.8 Å². The Morgan fingerprint density at radius 3 is 3.11 bits per heavy atom. The van der Waals surface area contributed by atoms with Crippen LogP contribution in [0.4, 0.5) is 5.69 Å². The summed E-state index contributed by atoms with van der Waals surface area (Å²) in [5.74, 6) is 0. The van der Waals surface area contributed by atoms with Crippen molar-refractivity contribution in [2.24, 2.45) is 0 Å². The van der Waals surface area contributed by atoms with E-state index in [1.54, 1.807) is 0 Å². The van der Waals surface area contributed by atoms with Crippen molar-refractivity contribution >= 4 is 5.69 Å². The minimum Gasteiger partial charge on any atom is -0.390 e. The van der Waals surface area contributed by atoms with E-state index in [0.717, 1.165) is 13.0 Å². The minimum atomic E-state index is -0.633. The SMILES string of the molecule is CCOCCCNCC(O)Cn1cc([N+](=O)[O-])cn1. The number of aromatic nitrogens is 2. The number of ether oxygens (including phenoxy) is 1. The summed E-state index contributed by atoms with van der Waals surface area (Å²) in [4.78, 5) is 9.95. The van der Waals surface area contributed by atoms with Gasteiger partial charge >= 0.3 is 5.69 Å². The molecule has 19 heavy (non-hydrogen) atoms. The van der Waals surface area contributed by atoms with E-state index in [-0.39, 0.29) is 12.2 Å². The van der Waals surface area contributed by atoms with Gasteiger partial charge in [-0.15, -0.1) is 0 Å². The standard InChI is InChI=1S/C11H20N4O4/c1-2-19-5-3-4-12-7-11(16)9-14-8-10(6-13-14)15(17)18/h6,8,11-12,16H,2-5,7,9H2,1H3. The highest BCUT2D eigenvalue weighted by Crippen LogP contribution is 2.07. The maximum atomic E-state index is 10.5. The van der Waals surface area contributed by atoms with Crippen molar-refractivity contribution in [2.45, 2.75) is 26.0 Å². The molecule has 1 rings (SSSR count). The summed E-state index contributed by atoms with van der Waals surface area (Å²) >= 11 is 0. The Kier molecular flexibility index (Phi) is 7.01. The molecule has 0 aliphatic carbocycles. The Balaban J connectivity index is 2.16. The number of nitro groups is 1. The van der Waals surface area contributed by atoms with Crippen LogP contribution < -0.4 is 5.32 Å². The number of nitrogens with zero attached hydrogens (tertiary/aromatic N) is 3. The van der Waals surface area contributed by atoms with E-state index in [0.29, 0.717) is 19.8 Å². The molecule has 1 aromatic heterocycles. The highest BCUT2D eigenvalue weighted by molar-refractivity contribution is 5.20. The van der Waals surface area contributed by atoms with Gasteiger partial charge < -0.3 is 15.2 Å². The third kappa shape index (κ3) is 6.27. The first-order valence-electron chi connectivity index (χ1n) is 6.26. The number of hydrogen-bond donors (Lipinski definition) is 2. The summed E-state index contributed by atoms with van der Waals surface area (Å²) in [6, 6.07) is 0. The number of aliphatic hydroxyl groups excluding tert-OH is 1. The van der Waals surface area contributed by atoms with Crippen LogP contribution in [0, 0.1) is 10.1 Å². The van der Waals surface area contributed by atoms with Gasteiger partial charge in [-0.05, 0) is 19.9 Å². The van der Waals surface area contributed by atoms with E-state index in [9.17, 15) is 15.2 Å². The van der Waals surface area contributed by atoms with Crippen molar-refractivity contribution in [1.29, 1.82) is 0 Å². The van der Waals surface area contributed by atoms with Gasteiger partial charge in [-0.2, -0.15) is 5.10 Å². The van der Waals surface area contributed by atoms with Crippen LogP contribution in [-0.4, -0.2) is 52.2 Å². The maximum Gasteiger partial charge on any atom is 0.306 e. The molecular formula is C11H20N4O4. The van der Waals surface area contributed by atoms with Gasteiger partial charge in [0.25, 0.3) is 0 Å². The Morgan fingerprint density at radius 1 is 1.68 bits per heavy atom. The molecule has 0 fully saturated rings. The first kappa shape index (κ1) is 15.5. The second-order valence-electron chi connectivity index (χ2n) is 4.09. The zero-order valence-corrected chi connectivity index (χ0v) is 11.0. The van der Waals surface area contributed by atoms with Crippen LogP contribution in [0.15, 0.2) is 12.4 Å². The van der Waals surface area contributed by atoms with Crippen molar-refractivity contribution in [1.82, 2.24) is 15.1 Å². The Hall–Kier alpha value is -1.51. The summed E-state index contributed by atoms with van der Waals surface area (Å²) in [6.45, 7) is 4.76. The fourth-order valence-electron chi connectivity index (χ4n) is 1.54. The van der Waals surface area contributed by atoms with E-state index in [2.05, 4.69) is 10.4 Å². The van der Waals surface area contributed by atoms with Gasteiger partial charge in [0.1, 0.15) is 12.4 Å². The molecule has 0 saturated heterocycles. The fraction of sp³-hybridized carbons (Fsp3) is 0.727. The summed E-state index contributed by atoms with van der Waals surface area (Å²) in [6.07, 6.45) is 2.72. The van der Waals surface area contributed by atoms with Crippen molar-refractivity contribution in [3.05, 3.63) is 22.5 Å². The summed E-state index contributed by atoms with van der Waals surface area (Å²) in [7, 11) is 0. The molecule has 1 aromatic rings. The van der Waals surface area contributed by atoms with Gasteiger partial charge in [0.15, 0.2) is 0 Å². The summed E-state index contributed by atoms with van der Waals surface area (Å²) in [5.41, 5.74) is -0.0723. The molecule has 0 saturated carbocycles. The average Bonchev–Trinajstić information content (AvgIpc) is 2.82. The van der Waals surface area contributed by atoms with Crippen LogP contribution in [0.25, 0.3) is 0 Å². The summed E-state index contributed by atoms with van der Waals surface area (Å²) in [5, 5.41) is 27.1. The molecule has 0 aromatic carbocycles. The fourth-order valence-corrected chi connectivity index (χ4v) is 1.54. The molecule has 0 aliphatic heterocycles. The molecular weight excluding hydrogens is 252 g/mol. The molecule has 1 atom stereocenters. The highest BCUT2D eigenvalue weighted by Gasteiger charge is 2.11. The number of nitrogens with one attached hydrogen (secondary N) is 1. The smallest absolute Gasteiger partial charge is 0.306 e. The number of rotatable bonds is 10. The molecule has 1 heterocycles. The van der Waals surface area contributed by atoms with E-state index < -0.39 is 11.0 Å². The molecule has 2 N–H and O–H groups in total. The Bertz CT molecular complexity index is 383. The quantitative estimate of drug-likeness (QED) is 0.357. The molecule has 8 heteroatoms. The third-order valence-electron chi connectivity index (χ3n) is 2.45. The third-order valence-corrected chi connectivity index (χ3v) is 2.45. The Morgan fingerprint density at radius 2 is 2.47 bits per heavy atom. The zero-order chi connectivity index (χ0) is 14.1. The van der Waals surface area contributed by atoms with E-state index >= 15 is 0 Å². The van der Waals surface area contributed by atoms with Crippen molar-refractivity contribution < 1.29 is 14.8 Å². The molecule has 0 aliphatic rings. The lowest BCUT2D eigenvalue weighted by Gasteiger charge is -2.11. The van der Waals surface area contributed by atoms with Crippen molar-refractivity contribution in [3.8, 4) is 0 Å². The maximum absolute atomic E-state index is 10.5. The second-order valence-corrected chi connectivity index (χ2v) is 4.09.